The van der Waals surface area contributed by atoms with E-state index in [2.05, 4.69) is 0 Å². The van der Waals surface area contributed by atoms with E-state index in [0.29, 0.717) is 19.1 Å². The number of rotatable bonds is 5. The zero-order chi connectivity index (χ0) is 19.7. The van der Waals surface area contributed by atoms with E-state index in [0.717, 1.165) is 17.4 Å². The summed E-state index contributed by atoms with van der Waals surface area (Å²) in [6.45, 7) is 2.73. The molecule has 0 unspecified atom stereocenters. The molecule has 1 heterocycles. The molecular weight excluding hydrogens is 386 g/mol. The lowest BCUT2D eigenvalue weighted by Gasteiger charge is -2.37. The maximum atomic E-state index is 12.9. The summed E-state index contributed by atoms with van der Waals surface area (Å²) >= 11 is 0. The van der Waals surface area contributed by atoms with Crippen LogP contribution < -0.4 is 4.90 Å². The zero-order valence-corrected chi connectivity index (χ0v) is 17.7. The molecule has 1 N–H and O–H groups in total. The van der Waals surface area contributed by atoms with E-state index in [9.17, 15) is 16.8 Å². The Morgan fingerprint density at radius 3 is 1.93 bits per heavy atom. The van der Waals surface area contributed by atoms with Gasteiger partial charge in [-0.2, -0.15) is 4.31 Å². The van der Waals surface area contributed by atoms with Crippen LogP contribution in [0.2, 0.25) is 0 Å². The van der Waals surface area contributed by atoms with E-state index in [4.69, 9.17) is 0 Å². The van der Waals surface area contributed by atoms with Crippen LogP contribution in [0.1, 0.15) is 32.1 Å². The highest BCUT2D eigenvalue weighted by molar-refractivity contribution is 7.89. The molecule has 1 aliphatic heterocycles. The number of quaternary nitrogens is 1. The molecule has 27 heavy (non-hydrogen) atoms. The Morgan fingerprint density at radius 2 is 1.41 bits per heavy atom. The number of nitrogens with zero attached hydrogens (tertiary/aromatic N) is 2. The number of benzene rings is 1. The summed E-state index contributed by atoms with van der Waals surface area (Å²) in [7, 11) is -4.24. The average Bonchev–Trinajstić information content (AvgIpc) is 2.68. The van der Waals surface area contributed by atoms with Crippen molar-refractivity contribution in [3.8, 4) is 0 Å². The van der Waals surface area contributed by atoms with Gasteiger partial charge in [-0.25, -0.2) is 21.1 Å². The molecule has 7 nitrogen and oxygen atoms in total. The normalized spacial score (nSPS) is 21.6. The van der Waals surface area contributed by atoms with Gasteiger partial charge in [0.2, 0.25) is 20.0 Å². The molecule has 1 aliphatic carbocycles. The molecular formula is C18H30N3O4S2+. The van der Waals surface area contributed by atoms with Crippen LogP contribution in [0.25, 0.3) is 0 Å². The minimum atomic E-state index is -3.59. The molecule has 152 valence electrons. The van der Waals surface area contributed by atoms with Gasteiger partial charge in [0.1, 0.15) is 0 Å². The van der Waals surface area contributed by atoms with Gasteiger partial charge < -0.3 is 4.90 Å². The Kier molecular flexibility index (Phi) is 6.27. The van der Waals surface area contributed by atoms with Crippen LogP contribution in [0, 0.1) is 0 Å². The minimum absolute atomic E-state index is 0.0954. The Bertz CT molecular complexity index is 837. The van der Waals surface area contributed by atoms with Crippen LogP contribution in [-0.2, 0) is 20.0 Å². The highest BCUT2D eigenvalue weighted by Gasteiger charge is 2.34. The molecule has 0 atom stereocenters. The van der Waals surface area contributed by atoms with Crippen LogP contribution in [-0.4, -0.2) is 71.8 Å². The molecule has 2 fully saturated rings. The second-order valence-corrected chi connectivity index (χ2v) is 11.7. The SMILES string of the molecule is CN(C)S(=O)(=O)c1ccc(S(=O)(=O)N2CC[NH+](C3CCCCC3)CC2)cc1. The van der Waals surface area contributed by atoms with Gasteiger partial charge in [0, 0.05) is 14.1 Å². The highest BCUT2D eigenvalue weighted by Crippen LogP contribution is 2.20. The summed E-state index contributed by atoms with van der Waals surface area (Å²) in [6.07, 6.45) is 6.41. The fourth-order valence-corrected chi connectivity index (χ4v) is 6.42. The van der Waals surface area contributed by atoms with Crippen molar-refractivity contribution < 1.29 is 21.7 Å². The fourth-order valence-electron chi connectivity index (χ4n) is 4.08. The molecule has 0 spiro atoms. The van der Waals surface area contributed by atoms with Crippen LogP contribution in [0.15, 0.2) is 34.1 Å². The van der Waals surface area contributed by atoms with E-state index < -0.39 is 20.0 Å². The van der Waals surface area contributed by atoms with Gasteiger partial charge in [-0.1, -0.05) is 6.42 Å². The molecule has 0 bridgehead atoms. The first-order valence-corrected chi connectivity index (χ1v) is 12.5. The first kappa shape index (κ1) is 20.7. The minimum Gasteiger partial charge on any atom is -0.330 e. The third-order valence-corrected chi connectivity index (χ3v) is 9.53. The zero-order valence-electron chi connectivity index (χ0n) is 16.1. The second-order valence-electron chi connectivity index (χ2n) is 7.66. The molecule has 0 aromatic heterocycles. The third-order valence-electron chi connectivity index (χ3n) is 5.79. The van der Waals surface area contributed by atoms with Crippen LogP contribution in [0.5, 0.6) is 0 Å². The standard InChI is InChI=1S/C18H29N3O4S2/c1-19(2)26(22,23)17-8-10-18(11-9-17)27(24,25)21-14-12-20(13-15-21)16-6-4-3-5-7-16/h8-11,16H,3-7,12-15H2,1-2H3/p+1. The summed E-state index contributed by atoms with van der Waals surface area (Å²) < 4.78 is 52.8. The Hall–Kier alpha value is -1.00. The molecule has 1 aromatic carbocycles. The summed E-state index contributed by atoms with van der Waals surface area (Å²) in [4.78, 5) is 1.79. The first-order valence-electron chi connectivity index (χ1n) is 9.60. The molecule has 2 aliphatic rings. The molecule has 3 rings (SSSR count). The second kappa shape index (κ2) is 8.16. The van der Waals surface area contributed by atoms with Crippen molar-refractivity contribution in [3.05, 3.63) is 24.3 Å². The summed E-state index contributed by atoms with van der Waals surface area (Å²) in [5.74, 6) is 0. The van der Waals surface area contributed by atoms with Crippen LogP contribution in [0.4, 0.5) is 0 Å². The Morgan fingerprint density at radius 1 is 0.889 bits per heavy atom. The Labute approximate surface area is 163 Å². The molecule has 1 aromatic rings. The van der Waals surface area contributed by atoms with Gasteiger partial charge >= 0.3 is 0 Å². The van der Waals surface area contributed by atoms with Gasteiger partial charge in [-0.05, 0) is 49.9 Å². The third kappa shape index (κ3) is 4.37. The molecule has 1 saturated carbocycles. The molecule has 0 amide bonds. The smallest absolute Gasteiger partial charge is 0.243 e. The predicted octanol–water partition coefficient (Wildman–Crippen LogP) is 0.159. The van der Waals surface area contributed by atoms with Crippen LogP contribution in [0.3, 0.4) is 0 Å². The number of hydrogen-bond acceptors (Lipinski definition) is 4. The van der Waals surface area contributed by atoms with Gasteiger partial charge in [0.25, 0.3) is 0 Å². The van der Waals surface area contributed by atoms with E-state index >= 15 is 0 Å². The van der Waals surface area contributed by atoms with Crippen molar-refractivity contribution in [2.45, 2.75) is 47.9 Å². The van der Waals surface area contributed by atoms with Crippen LogP contribution >= 0.6 is 0 Å². The summed E-state index contributed by atoms with van der Waals surface area (Å²) in [5.41, 5.74) is 0. The average molecular weight is 417 g/mol. The lowest BCUT2D eigenvalue weighted by atomic mass is 9.94. The van der Waals surface area contributed by atoms with Gasteiger partial charge in [-0.15, -0.1) is 0 Å². The molecule has 9 heteroatoms. The van der Waals surface area contributed by atoms with Crippen molar-refractivity contribution in [3.63, 3.8) is 0 Å². The lowest BCUT2D eigenvalue weighted by molar-refractivity contribution is -0.930. The maximum Gasteiger partial charge on any atom is 0.243 e. The largest absolute Gasteiger partial charge is 0.330 e. The van der Waals surface area contributed by atoms with E-state index in [1.54, 1.807) is 0 Å². The molecule has 0 radical (unpaired) electrons. The number of hydrogen-bond donors (Lipinski definition) is 1. The highest BCUT2D eigenvalue weighted by atomic mass is 32.2. The summed E-state index contributed by atoms with van der Waals surface area (Å²) in [5, 5.41) is 0. The number of nitrogens with one attached hydrogen (secondary N) is 1. The van der Waals surface area contributed by atoms with Gasteiger partial charge in [0.15, 0.2) is 0 Å². The molecule has 1 saturated heterocycles. The first-order chi connectivity index (χ1) is 12.7. The van der Waals surface area contributed by atoms with Gasteiger partial charge in [0.05, 0.1) is 42.0 Å². The number of piperazine rings is 1. The quantitative estimate of drug-likeness (QED) is 0.742. The van der Waals surface area contributed by atoms with E-state index in [-0.39, 0.29) is 9.79 Å². The number of sulfonamides is 2. The van der Waals surface area contributed by atoms with Crippen molar-refractivity contribution in [1.29, 1.82) is 0 Å². The maximum absolute atomic E-state index is 12.9. The van der Waals surface area contributed by atoms with Crippen molar-refractivity contribution >= 4 is 20.0 Å². The van der Waals surface area contributed by atoms with Gasteiger partial charge in [-0.3, -0.25) is 0 Å². The van der Waals surface area contributed by atoms with Crippen molar-refractivity contribution in [2.24, 2.45) is 0 Å². The monoisotopic (exact) mass is 416 g/mol. The predicted molar refractivity (Wildman–Crippen MR) is 104 cm³/mol. The lowest BCUT2D eigenvalue weighted by Crippen LogP contribution is -3.18. The van der Waals surface area contributed by atoms with E-state index in [1.807, 2.05) is 0 Å². The summed E-state index contributed by atoms with van der Waals surface area (Å²) in [6, 6.07) is 6.20. The van der Waals surface area contributed by atoms with E-state index in [1.165, 1.54) is 79.7 Å². The van der Waals surface area contributed by atoms with Crippen molar-refractivity contribution in [2.75, 3.05) is 40.3 Å². The van der Waals surface area contributed by atoms with Crippen molar-refractivity contribution in [1.82, 2.24) is 8.61 Å². The fraction of sp³-hybridized carbons (Fsp3) is 0.667. The Balaban J connectivity index is 1.68. The topological polar surface area (TPSA) is 79.2 Å².